The van der Waals surface area contributed by atoms with Gasteiger partial charge in [-0.25, -0.2) is 4.39 Å². The first kappa shape index (κ1) is 16.2. The van der Waals surface area contributed by atoms with Gasteiger partial charge in [-0.05, 0) is 35.4 Å². The highest BCUT2D eigenvalue weighted by Crippen LogP contribution is 2.27. The molecule has 0 spiro atoms. The maximum absolute atomic E-state index is 13.0. The smallest absolute Gasteiger partial charge is 0.251 e. The number of fused-ring (bicyclic) bond motifs is 1. The fourth-order valence-electron chi connectivity index (χ4n) is 3.31. The highest BCUT2D eigenvalue weighted by atomic mass is 19.1. The summed E-state index contributed by atoms with van der Waals surface area (Å²) in [5.74, 6) is -0.499. The molecule has 0 radical (unpaired) electrons. The fourth-order valence-corrected chi connectivity index (χ4v) is 3.31. The van der Waals surface area contributed by atoms with Gasteiger partial charge in [0.1, 0.15) is 24.1 Å². The number of aliphatic hydroxyl groups is 1. The van der Waals surface area contributed by atoms with Crippen LogP contribution >= 0.6 is 0 Å². The molecule has 2 N–H and O–H groups in total. The predicted molar refractivity (Wildman–Crippen MR) is 88.6 cm³/mol. The van der Waals surface area contributed by atoms with Crippen LogP contribution in [-0.4, -0.2) is 48.6 Å². The number of hydrogen-bond acceptors (Lipinski definition) is 4. The number of nitrogens with one attached hydrogen (secondary N) is 1. The molecule has 2 saturated heterocycles. The van der Waals surface area contributed by atoms with E-state index in [2.05, 4.69) is 5.32 Å². The summed E-state index contributed by atoms with van der Waals surface area (Å²) >= 11 is 0. The van der Waals surface area contributed by atoms with Gasteiger partial charge in [0.25, 0.3) is 5.91 Å². The van der Waals surface area contributed by atoms with Crippen LogP contribution in [0.4, 0.5) is 4.39 Å². The van der Waals surface area contributed by atoms with E-state index in [1.807, 2.05) is 12.1 Å². The number of carbonyl (C=O) groups is 1. The fraction of sp³-hybridized carbons (Fsp3) is 0.316. The Morgan fingerprint density at radius 1 is 0.960 bits per heavy atom. The molecule has 0 unspecified atom stereocenters. The van der Waals surface area contributed by atoms with Gasteiger partial charge in [0, 0.05) is 5.56 Å². The zero-order valence-electron chi connectivity index (χ0n) is 13.4. The van der Waals surface area contributed by atoms with Crippen molar-refractivity contribution in [2.75, 3.05) is 13.2 Å². The molecule has 2 fully saturated rings. The molecule has 2 heterocycles. The number of hydrogen-bond donors (Lipinski definition) is 2. The largest absolute Gasteiger partial charge is 0.388 e. The zero-order valence-corrected chi connectivity index (χ0v) is 13.4. The third-order valence-electron chi connectivity index (χ3n) is 4.67. The summed E-state index contributed by atoms with van der Waals surface area (Å²) in [6.45, 7) is 0.555. The molecule has 4 rings (SSSR count). The minimum absolute atomic E-state index is 0.218. The van der Waals surface area contributed by atoms with Gasteiger partial charge in [-0.2, -0.15) is 0 Å². The Morgan fingerprint density at radius 2 is 1.56 bits per heavy atom. The van der Waals surface area contributed by atoms with Crippen molar-refractivity contribution in [1.29, 1.82) is 0 Å². The van der Waals surface area contributed by atoms with Crippen LogP contribution in [0, 0.1) is 5.82 Å². The van der Waals surface area contributed by atoms with Crippen LogP contribution in [0.2, 0.25) is 0 Å². The second-order valence-electron chi connectivity index (χ2n) is 6.33. The van der Waals surface area contributed by atoms with Crippen molar-refractivity contribution in [3.8, 4) is 11.1 Å². The SMILES string of the molecule is O=C(N[C@H]1CO[C@H]2[C@@H]1OC[C@H]2O)c1ccc(-c2ccc(F)cc2)cc1. The van der Waals surface area contributed by atoms with E-state index in [0.29, 0.717) is 12.2 Å². The number of amides is 1. The van der Waals surface area contributed by atoms with Crippen molar-refractivity contribution in [2.24, 2.45) is 0 Å². The van der Waals surface area contributed by atoms with Crippen LogP contribution in [-0.2, 0) is 9.47 Å². The molecule has 2 aromatic rings. The van der Waals surface area contributed by atoms with Crippen molar-refractivity contribution >= 4 is 5.91 Å². The Morgan fingerprint density at radius 3 is 2.24 bits per heavy atom. The van der Waals surface area contributed by atoms with E-state index in [4.69, 9.17) is 9.47 Å². The molecule has 0 aromatic heterocycles. The summed E-state index contributed by atoms with van der Waals surface area (Å²) in [4.78, 5) is 12.4. The molecular formula is C19H18FNO4. The Labute approximate surface area is 144 Å². The highest BCUT2D eigenvalue weighted by Gasteiger charge is 2.47. The maximum atomic E-state index is 13.0. The summed E-state index contributed by atoms with van der Waals surface area (Å²) in [7, 11) is 0. The van der Waals surface area contributed by atoms with Crippen molar-refractivity contribution < 1.29 is 23.8 Å². The topological polar surface area (TPSA) is 67.8 Å². The lowest BCUT2D eigenvalue weighted by atomic mass is 10.0. The van der Waals surface area contributed by atoms with Crippen LogP contribution in [0.5, 0.6) is 0 Å². The van der Waals surface area contributed by atoms with Crippen LogP contribution < -0.4 is 5.32 Å². The Kier molecular flexibility index (Phi) is 4.25. The highest BCUT2D eigenvalue weighted by molar-refractivity contribution is 5.95. The lowest BCUT2D eigenvalue weighted by molar-refractivity contribution is 0.0178. The summed E-state index contributed by atoms with van der Waals surface area (Å²) < 4.78 is 24.0. The van der Waals surface area contributed by atoms with Gasteiger partial charge in [-0.15, -0.1) is 0 Å². The average Bonchev–Trinajstić information content (AvgIpc) is 3.19. The number of benzene rings is 2. The molecule has 2 aromatic carbocycles. The Bertz CT molecular complexity index is 762. The normalized spacial score (nSPS) is 27.9. The van der Waals surface area contributed by atoms with E-state index in [1.165, 1.54) is 12.1 Å². The van der Waals surface area contributed by atoms with Gasteiger partial charge >= 0.3 is 0 Å². The van der Waals surface area contributed by atoms with Gasteiger partial charge in [-0.1, -0.05) is 24.3 Å². The Hall–Kier alpha value is -2.28. The predicted octanol–water partition coefficient (Wildman–Crippen LogP) is 1.75. The molecule has 2 aliphatic heterocycles. The van der Waals surface area contributed by atoms with Gasteiger partial charge in [0.05, 0.1) is 19.3 Å². The van der Waals surface area contributed by atoms with Gasteiger partial charge < -0.3 is 19.9 Å². The summed E-state index contributed by atoms with van der Waals surface area (Å²) in [5, 5.41) is 12.6. The average molecular weight is 343 g/mol. The van der Waals surface area contributed by atoms with Crippen molar-refractivity contribution in [3.05, 3.63) is 59.9 Å². The number of halogens is 1. The molecule has 6 heteroatoms. The van der Waals surface area contributed by atoms with Crippen LogP contribution in [0.3, 0.4) is 0 Å². The lowest BCUT2D eigenvalue weighted by Gasteiger charge is -2.17. The molecule has 5 nitrogen and oxygen atoms in total. The van der Waals surface area contributed by atoms with E-state index in [0.717, 1.165) is 11.1 Å². The van der Waals surface area contributed by atoms with Gasteiger partial charge in [0.15, 0.2) is 0 Å². The van der Waals surface area contributed by atoms with E-state index in [-0.39, 0.29) is 36.6 Å². The monoisotopic (exact) mass is 343 g/mol. The zero-order chi connectivity index (χ0) is 17.4. The van der Waals surface area contributed by atoms with Crippen molar-refractivity contribution in [1.82, 2.24) is 5.32 Å². The second kappa shape index (κ2) is 6.55. The minimum atomic E-state index is -0.637. The molecule has 1 amide bonds. The third-order valence-corrected chi connectivity index (χ3v) is 4.67. The number of ether oxygens (including phenoxy) is 2. The maximum Gasteiger partial charge on any atom is 0.251 e. The lowest BCUT2D eigenvalue weighted by Crippen LogP contribution is -2.44. The summed E-state index contributed by atoms with van der Waals surface area (Å²) in [6, 6.07) is 13.0. The quantitative estimate of drug-likeness (QED) is 0.891. The molecule has 0 saturated carbocycles. The minimum Gasteiger partial charge on any atom is -0.388 e. The Balaban J connectivity index is 1.43. The summed E-state index contributed by atoms with van der Waals surface area (Å²) in [6.07, 6.45) is -1.31. The van der Waals surface area contributed by atoms with E-state index >= 15 is 0 Å². The van der Waals surface area contributed by atoms with Crippen LogP contribution in [0.25, 0.3) is 11.1 Å². The number of carbonyl (C=O) groups excluding carboxylic acids is 1. The molecule has 130 valence electrons. The van der Waals surface area contributed by atoms with Crippen molar-refractivity contribution in [3.63, 3.8) is 0 Å². The number of aliphatic hydroxyl groups excluding tert-OH is 1. The molecule has 0 bridgehead atoms. The third kappa shape index (κ3) is 3.16. The van der Waals surface area contributed by atoms with E-state index in [9.17, 15) is 14.3 Å². The van der Waals surface area contributed by atoms with Crippen LogP contribution in [0.1, 0.15) is 10.4 Å². The molecular weight excluding hydrogens is 325 g/mol. The van der Waals surface area contributed by atoms with Gasteiger partial charge in [-0.3, -0.25) is 4.79 Å². The number of rotatable bonds is 3. The van der Waals surface area contributed by atoms with Crippen molar-refractivity contribution in [2.45, 2.75) is 24.4 Å². The first-order chi connectivity index (χ1) is 12.1. The van der Waals surface area contributed by atoms with E-state index < -0.39 is 6.10 Å². The second-order valence-corrected chi connectivity index (χ2v) is 6.33. The first-order valence-corrected chi connectivity index (χ1v) is 8.20. The van der Waals surface area contributed by atoms with Crippen LogP contribution in [0.15, 0.2) is 48.5 Å². The standard InChI is InChI=1S/C19H18FNO4/c20-14-7-5-12(6-8-14)11-1-3-13(4-2-11)19(23)21-15-9-24-18-16(22)10-25-17(15)18/h1-8,15-18,22H,9-10H2,(H,21,23)/t15-,16+,17+,18+/m0/s1. The first-order valence-electron chi connectivity index (χ1n) is 8.20. The molecule has 4 atom stereocenters. The van der Waals surface area contributed by atoms with E-state index in [1.54, 1.807) is 24.3 Å². The molecule has 2 aliphatic rings. The molecule has 25 heavy (non-hydrogen) atoms. The van der Waals surface area contributed by atoms with Gasteiger partial charge in [0.2, 0.25) is 0 Å². The molecule has 0 aliphatic carbocycles. The summed E-state index contributed by atoms with van der Waals surface area (Å²) in [5.41, 5.74) is 2.31.